The topological polar surface area (TPSA) is 38.9 Å². The lowest BCUT2D eigenvalue weighted by molar-refractivity contribution is 0.641. The van der Waals surface area contributed by atoms with Crippen LogP contribution in [-0.4, -0.2) is 10.2 Å². The zero-order valence-corrected chi connectivity index (χ0v) is 9.84. The highest BCUT2D eigenvalue weighted by Crippen LogP contribution is 2.25. The summed E-state index contributed by atoms with van der Waals surface area (Å²) in [6.07, 6.45) is 0. The molecule has 2 N–H and O–H groups in total. The molecule has 3 heteroatoms. The van der Waals surface area contributed by atoms with E-state index in [0.717, 1.165) is 10.7 Å². The van der Waals surface area contributed by atoms with E-state index in [1.807, 2.05) is 30.0 Å². The highest BCUT2D eigenvalue weighted by atomic mass is 32.2. The van der Waals surface area contributed by atoms with Crippen LogP contribution in [0.4, 0.5) is 0 Å². The van der Waals surface area contributed by atoms with E-state index in [1.165, 1.54) is 0 Å². The second-order valence-electron chi connectivity index (χ2n) is 3.74. The van der Waals surface area contributed by atoms with Gasteiger partial charge in [-0.25, -0.2) is 4.98 Å². The SMILES string of the molecule is CC(C)C(C)Sc1cccc(CN)n1. The van der Waals surface area contributed by atoms with Crippen LogP contribution in [0.3, 0.4) is 0 Å². The Morgan fingerprint density at radius 3 is 2.64 bits per heavy atom. The Bertz CT molecular complexity index is 286. The summed E-state index contributed by atoms with van der Waals surface area (Å²) in [6.45, 7) is 7.20. The van der Waals surface area contributed by atoms with E-state index in [9.17, 15) is 0 Å². The van der Waals surface area contributed by atoms with Crippen molar-refractivity contribution in [3.8, 4) is 0 Å². The molecule has 78 valence electrons. The Labute approximate surface area is 90.3 Å². The summed E-state index contributed by atoms with van der Waals surface area (Å²) in [4.78, 5) is 4.45. The van der Waals surface area contributed by atoms with Gasteiger partial charge in [-0.3, -0.25) is 0 Å². The van der Waals surface area contributed by atoms with Gasteiger partial charge in [-0.1, -0.05) is 26.8 Å². The largest absolute Gasteiger partial charge is 0.325 e. The lowest BCUT2D eigenvalue weighted by Crippen LogP contribution is -2.06. The molecule has 0 aliphatic heterocycles. The first-order chi connectivity index (χ1) is 6.63. The summed E-state index contributed by atoms with van der Waals surface area (Å²) < 4.78 is 0. The van der Waals surface area contributed by atoms with Crippen molar-refractivity contribution in [3.05, 3.63) is 23.9 Å². The summed E-state index contributed by atoms with van der Waals surface area (Å²) in [6, 6.07) is 6.03. The van der Waals surface area contributed by atoms with Crippen molar-refractivity contribution in [3.63, 3.8) is 0 Å². The Morgan fingerprint density at radius 2 is 2.07 bits per heavy atom. The van der Waals surface area contributed by atoms with Crippen LogP contribution in [0.2, 0.25) is 0 Å². The van der Waals surface area contributed by atoms with Crippen molar-refractivity contribution >= 4 is 11.8 Å². The molecule has 0 aliphatic rings. The van der Waals surface area contributed by atoms with Crippen molar-refractivity contribution in [2.24, 2.45) is 11.7 Å². The van der Waals surface area contributed by atoms with Crippen LogP contribution in [0, 0.1) is 5.92 Å². The monoisotopic (exact) mass is 210 g/mol. The number of hydrogen-bond donors (Lipinski definition) is 1. The van der Waals surface area contributed by atoms with Gasteiger partial charge >= 0.3 is 0 Å². The van der Waals surface area contributed by atoms with E-state index in [-0.39, 0.29) is 0 Å². The minimum Gasteiger partial charge on any atom is -0.325 e. The summed E-state index contributed by atoms with van der Waals surface area (Å²) in [5.74, 6) is 0.670. The fourth-order valence-electron chi connectivity index (χ4n) is 0.963. The number of rotatable bonds is 4. The van der Waals surface area contributed by atoms with Crippen molar-refractivity contribution in [2.75, 3.05) is 0 Å². The lowest BCUT2D eigenvalue weighted by Gasteiger charge is -2.14. The van der Waals surface area contributed by atoms with Gasteiger partial charge in [0.25, 0.3) is 0 Å². The highest BCUT2D eigenvalue weighted by molar-refractivity contribution is 7.99. The smallest absolute Gasteiger partial charge is 0.0966 e. The Hall–Kier alpha value is -0.540. The first-order valence-electron chi connectivity index (χ1n) is 4.96. The average molecular weight is 210 g/mol. The normalized spacial score (nSPS) is 13.2. The third kappa shape index (κ3) is 3.31. The molecule has 0 bridgehead atoms. The second kappa shape index (κ2) is 5.37. The summed E-state index contributed by atoms with van der Waals surface area (Å²) in [5.41, 5.74) is 6.50. The van der Waals surface area contributed by atoms with Crippen LogP contribution < -0.4 is 5.73 Å². The zero-order chi connectivity index (χ0) is 10.6. The van der Waals surface area contributed by atoms with Gasteiger partial charge < -0.3 is 5.73 Å². The highest BCUT2D eigenvalue weighted by Gasteiger charge is 2.09. The second-order valence-corrected chi connectivity index (χ2v) is 5.14. The minimum atomic E-state index is 0.518. The number of pyridine rings is 1. The van der Waals surface area contributed by atoms with E-state index >= 15 is 0 Å². The Morgan fingerprint density at radius 1 is 1.36 bits per heavy atom. The molecule has 1 rings (SSSR count). The van der Waals surface area contributed by atoms with Crippen LogP contribution in [-0.2, 0) is 6.54 Å². The van der Waals surface area contributed by atoms with E-state index in [0.29, 0.717) is 17.7 Å². The van der Waals surface area contributed by atoms with Crippen molar-refractivity contribution < 1.29 is 0 Å². The maximum absolute atomic E-state index is 5.54. The molecule has 14 heavy (non-hydrogen) atoms. The van der Waals surface area contributed by atoms with Crippen molar-refractivity contribution in [1.82, 2.24) is 4.98 Å². The van der Waals surface area contributed by atoms with Gasteiger partial charge in [0.15, 0.2) is 0 Å². The summed E-state index contributed by atoms with van der Waals surface area (Å²) >= 11 is 1.81. The predicted molar refractivity (Wildman–Crippen MR) is 62.3 cm³/mol. The fourth-order valence-corrected chi connectivity index (χ4v) is 1.94. The fraction of sp³-hybridized carbons (Fsp3) is 0.545. The molecule has 2 nitrogen and oxygen atoms in total. The van der Waals surface area contributed by atoms with E-state index in [2.05, 4.69) is 25.8 Å². The van der Waals surface area contributed by atoms with E-state index in [4.69, 9.17) is 5.73 Å². The average Bonchev–Trinajstić information content (AvgIpc) is 2.18. The van der Waals surface area contributed by atoms with Crippen LogP contribution in [0.5, 0.6) is 0 Å². The molecule has 0 amide bonds. The predicted octanol–water partition coefficient (Wildman–Crippen LogP) is 2.68. The van der Waals surface area contributed by atoms with Gasteiger partial charge in [-0.15, -0.1) is 11.8 Å². The maximum Gasteiger partial charge on any atom is 0.0966 e. The maximum atomic E-state index is 5.54. The molecular formula is C11H18N2S. The van der Waals surface area contributed by atoms with Crippen LogP contribution in [0.15, 0.2) is 23.2 Å². The molecule has 0 radical (unpaired) electrons. The zero-order valence-electron chi connectivity index (χ0n) is 9.03. The summed E-state index contributed by atoms with van der Waals surface area (Å²) in [7, 11) is 0. The van der Waals surface area contributed by atoms with E-state index < -0.39 is 0 Å². The van der Waals surface area contributed by atoms with Crippen molar-refractivity contribution in [2.45, 2.75) is 37.6 Å². The standard InChI is InChI=1S/C11H18N2S/c1-8(2)9(3)14-11-6-4-5-10(7-12)13-11/h4-6,8-9H,7,12H2,1-3H3. The Kier molecular flexibility index (Phi) is 4.42. The van der Waals surface area contributed by atoms with Gasteiger partial charge in [0.05, 0.1) is 10.7 Å². The Balaban J connectivity index is 2.66. The van der Waals surface area contributed by atoms with Gasteiger partial charge in [-0.05, 0) is 18.1 Å². The number of nitrogens with zero attached hydrogens (tertiary/aromatic N) is 1. The van der Waals surface area contributed by atoms with Crippen LogP contribution in [0.1, 0.15) is 26.5 Å². The van der Waals surface area contributed by atoms with Crippen LogP contribution in [0.25, 0.3) is 0 Å². The van der Waals surface area contributed by atoms with E-state index in [1.54, 1.807) is 0 Å². The lowest BCUT2D eigenvalue weighted by atomic mass is 10.2. The van der Waals surface area contributed by atoms with Gasteiger partial charge in [0.1, 0.15) is 0 Å². The molecule has 1 aromatic rings. The summed E-state index contributed by atoms with van der Waals surface area (Å²) in [5, 5.41) is 1.67. The number of thioether (sulfide) groups is 1. The molecule has 1 aromatic heterocycles. The van der Waals surface area contributed by atoms with Gasteiger partial charge in [0.2, 0.25) is 0 Å². The van der Waals surface area contributed by atoms with Crippen molar-refractivity contribution in [1.29, 1.82) is 0 Å². The number of nitrogens with two attached hydrogens (primary N) is 1. The number of aromatic nitrogens is 1. The third-order valence-electron chi connectivity index (χ3n) is 2.24. The molecule has 0 aromatic carbocycles. The van der Waals surface area contributed by atoms with Gasteiger partial charge in [0, 0.05) is 11.8 Å². The first-order valence-corrected chi connectivity index (χ1v) is 5.84. The molecule has 0 saturated carbocycles. The molecule has 1 unspecified atom stereocenters. The molecular weight excluding hydrogens is 192 g/mol. The minimum absolute atomic E-state index is 0.518. The molecule has 1 atom stereocenters. The molecule has 0 spiro atoms. The molecule has 0 aliphatic carbocycles. The first kappa shape index (κ1) is 11.5. The third-order valence-corrected chi connectivity index (χ3v) is 3.62. The molecule has 0 saturated heterocycles. The molecule has 1 heterocycles. The number of hydrogen-bond acceptors (Lipinski definition) is 3. The van der Waals surface area contributed by atoms with Gasteiger partial charge in [-0.2, -0.15) is 0 Å². The quantitative estimate of drug-likeness (QED) is 0.777. The molecule has 0 fully saturated rings. The van der Waals surface area contributed by atoms with Crippen LogP contribution >= 0.6 is 11.8 Å².